The number of aliphatic hydroxyl groups excluding tert-OH is 1. The van der Waals surface area contributed by atoms with Gasteiger partial charge in [-0.2, -0.15) is 0 Å². The minimum absolute atomic E-state index is 0.162. The molecule has 0 spiro atoms. The Balaban J connectivity index is 4.66. The quantitative estimate of drug-likeness (QED) is 0.0197. The van der Waals surface area contributed by atoms with E-state index in [4.69, 9.17) is 23.3 Å². The maximum atomic E-state index is 12.9. The highest BCUT2D eigenvalue weighted by atomic mass is 31.2. The van der Waals surface area contributed by atoms with Crippen LogP contribution in [0.15, 0.2) is 24.3 Å². The average molecular weight is 1010 g/mol. The summed E-state index contributed by atoms with van der Waals surface area (Å²) < 4.78 is 39.5. The van der Waals surface area contributed by atoms with E-state index < -0.39 is 57.8 Å². The van der Waals surface area contributed by atoms with Gasteiger partial charge in [-0.25, -0.2) is 4.57 Å². The maximum Gasteiger partial charge on any atom is 0.472 e. The van der Waals surface area contributed by atoms with Crippen LogP contribution in [0.5, 0.6) is 0 Å². The molecule has 0 aromatic heterocycles. The molecule has 0 bridgehead atoms. The molecular weight excluding hydrogens is 904 g/mol. The van der Waals surface area contributed by atoms with E-state index in [9.17, 15) is 28.9 Å². The summed E-state index contributed by atoms with van der Waals surface area (Å²) in [6.45, 7) is 4.64. The standard InChI is InChI=1S/C58H109O11P/c1-4-7-10-13-16-19-22-24-25-26-27-28-29-31-33-35-38-41-44-47-56(60)65-51-55(69-58(62)49-46-43-40-37-34-30-23-20-17-14-11-8-5-2)53-67-70(63,64)66-52-54(50-59)68-57(61)48-45-42-39-36-32-21-18-15-12-9-6-3/h20,23-25,54-55,59H,4-19,21-22,26-53H2,1-3H3,(H,63,64)/b23-20-,25-24-. The summed E-state index contributed by atoms with van der Waals surface area (Å²) in [5, 5.41) is 9.79. The van der Waals surface area contributed by atoms with Crippen LogP contribution in [0.2, 0.25) is 0 Å². The average Bonchev–Trinajstić information content (AvgIpc) is 3.35. The number of allylic oxidation sites excluding steroid dienone is 4. The fourth-order valence-corrected chi connectivity index (χ4v) is 9.13. The summed E-state index contributed by atoms with van der Waals surface area (Å²) >= 11 is 0. The molecule has 412 valence electrons. The van der Waals surface area contributed by atoms with E-state index in [-0.39, 0.29) is 25.9 Å². The third-order valence-electron chi connectivity index (χ3n) is 12.8. The molecule has 0 radical (unpaired) electrons. The lowest BCUT2D eigenvalue weighted by Crippen LogP contribution is -2.30. The molecule has 0 amide bonds. The second-order valence-electron chi connectivity index (χ2n) is 19.8. The van der Waals surface area contributed by atoms with E-state index in [1.165, 1.54) is 154 Å². The fourth-order valence-electron chi connectivity index (χ4n) is 8.35. The molecule has 0 aliphatic heterocycles. The number of aliphatic hydroxyl groups is 1. The van der Waals surface area contributed by atoms with Gasteiger partial charge < -0.3 is 24.2 Å². The predicted octanol–water partition coefficient (Wildman–Crippen LogP) is 17.0. The minimum atomic E-state index is -4.74. The maximum absolute atomic E-state index is 12.9. The molecule has 0 saturated carbocycles. The predicted molar refractivity (Wildman–Crippen MR) is 289 cm³/mol. The molecule has 0 aromatic rings. The van der Waals surface area contributed by atoms with Gasteiger partial charge in [-0.3, -0.25) is 23.4 Å². The van der Waals surface area contributed by atoms with Gasteiger partial charge in [0.1, 0.15) is 12.7 Å². The van der Waals surface area contributed by atoms with Crippen molar-refractivity contribution in [2.45, 2.75) is 303 Å². The lowest BCUT2D eigenvalue weighted by molar-refractivity contribution is -0.161. The minimum Gasteiger partial charge on any atom is -0.462 e. The number of phosphoric acid groups is 1. The number of rotatable bonds is 55. The number of carbonyl (C=O) groups is 3. The monoisotopic (exact) mass is 1010 g/mol. The van der Waals surface area contributed by atoms with Crippen LogP contribution in [0.1, 0.15) is 290 Å². The highest BCUT2D eigenvalue weighted by molar-refractivity contribution is 7.47. The zero-order valence-electron chi connectivity index (χ0n) is 45.5. The zero-order chi connectivity index (χ0) is 51.3. The first-order valence-corrected chi connectivity index (χ1v) is 30.7. The summed E-state index contributed by atoms with van der Waals surface area (Å²) in [6, 6.07) is 0. The molecule has 11 nitrogen and oxygen atoms in total. The van der Waals surface area contributed by atoms with Crippen molar-refractivity contribution >= 4 is 25.7 Å². The van der Waals surface area contributed by atoms with Crippen LogP contribution in [0.3, 0.4) is 0 Å². The van der Waals surface area contributed by atoms with Crippen molar-refractivity contribution in [1.82, 2.24) is 0 Å². The summed E-state index contributed by atoms with van der Waals surface area (Å²) in [5.74, 6) is -1.46. The summed E-state index contributed by atoms with van der Waals surface area (Å²) in [4.78, 5) is 48.4. The summed E-state index contributed by atoms with van der Waals surface area (Å²) in [5.41, 5.74) is 0. The first-order chi connectivity index (χ1) is 34.2. The van der Waals surface area contributed by atoms with Crippen LogP contribution in [0.25, 0.3) is 0 Å². The number of carbonyl (C=O) groups excluding carboxylic acids is 3. The highest BCUT2D eigenvalue weighted by Gasteiger charge is 2.28. The number of unbranched alkanes of at least 4 members (excludes halogenated alkanes) is 34. The van der Waals surface area contributed by atoms with E-state index in [2.05, 4.69) is 45.1 Å². The first-order valence-electron chi connectivity index (χ1n) is 29.2. The Kier molecular flexibility index (Phi) is 51.7. The molecule has 3 unspecified atom stereocenters. The molecule has 0 heterocycles. The van der Waals surface area contributed by atoms with Crippen molar-refractivity contribution in [2.75, 3.05) is 26.4 Å². The van der Waals surface area contributed by atoms with E-state index in [1.807, 2.05) is 0 Å². The van der Waals surface area contributed by atoms with Crippen LogP contribution in [0.4, 0.5) is 0 Å². The van der Waals surface area contributed by atoms with Crippen molar-refractivity contribution in [3.8, 4) is 0 Å². The van der Waals surface area contributed by atoms with Crippen molar-refractivity contribution in [2.24, 2.45) is 0 Å². The molecule has 0 rings (SSSR count). The molecule has 3 atom stereocenters. The SMILES string of the molecule is CCCCCC/C=C\CCCCCCCC(=O)OC(COC(=O)CCCCCCCCCCC/C=C\CCCCCCCC)COP(=O)(O)OCC(CO)OC(=O)CCCCCCCCCCCCC. The Morgan fingerprint density at radius 2 is 0.657 bits per heavy atom. The van der Waals surface area contributed by atoms with Crippen molar-refractivity contribution < 1.29 is 52.2 Å². The molecular formula is C58H109O11P. The Hall–Kier alpha value is -2.04. The molecule has 0 fully saturated rings. The third kappa shape index (κ3) is 50.9. The molecule has 0 aromatic carbocycles. The first kappa shape index (κ1) is 68.0. The van der Waals surface area contributed by atoms with Gasteiger partial charge in [-0.05, 0) is 70.6 Å². The molecule has 0 aliphatic rings. The van der Waals surface area contributed by atoms with E-state index in [1.54, 1.807) is 0 Å². The molecule has 70 heavy (non-hydrogen) atoms. The number of ether oxygens (including phenoxy) is 3. The summed E-state index contributed by atoms with van der Waals surface area (Å²) in [6.07, 6.45) is 52.8. The van der Waals surface area contributed by atoms with E-state index >= 15 is 0 Å². The normalized spacial score (nSPS) is 13.5. The van der Waals surface area contributed by atoms with Gasteiger partial charge in [-0.1, -0.05) is 225 Å². The second-order valence-corrected chi connectivity index (χ2v) is 21.3. The van der Waals surface area contributed by atoms with Crippen LogP contribution in [-0.2, 0) is 42.2 Å². The van der Waals surface area contributed by atoms with E-state index in [0.717, 1.165) is 77.0 Å². The summed E-state index contributed by atoms with van der Waals surface area (Å²) in [7, 11) is -4.74. The Labute approximate surface area is 429 Å². The van der Waals surface area contributed by atoms with Crippen LogP contribution < -0.4 is 0 Å². The van der Waals surface area contributed by atoms with Gasteiger partial charge in [0.05, 0.1) is 19.8 Å². The Morgan fingerprint density at radius 1 is 0.386 bits per heavy atom. The van der Waals surface area contributed by atoms with Gasteiger partial charge in [0.2, 0.25) is 0 Å². The topological polar surface area (TPSA) is 155 Å². The van der Waals surface area contributed by atoms with Crippen molar-refractivity contribution in [3.05, 3.63) is 24.3 Å². The second kappa shape index (κ2) is 53.3. The molecule has 0 saturated heterocycles. The molecule has 12 heteroatoms. The van der Waals surface area contributed by atoms with Crippen LogP contribution in [0, 0.1) is 0 Å². The highest BCUT2D eigenvalue weighted by Crippen LogP contribution is 2.43. The third-order valence-corrected chi connectivity index (χ3v) is 13.8. The lowest BCUT2D eigenvalue weighted by atomic mass is 10.1. The molecule has 2 N–H and O–H groups in total. The van der Waals surface area contributed by atoms with Crippen LogP contribution >= 0.6 is 7.82 Å². The Morgan fingerprint density at radius 3 is 1.00 bits per heavy atom. The van der Waals surface area contributed by atoms with E-state index in [0.29, 0.717) is 19.3 Å². The number of esters is 3. The van der Waals surface area contributed by atoms with Gasteiger partial charge in [0, 0.05) is 19.3 Å². The van der Waals surface area contributed by atoms with Gasteiger partial charge in [0.15, 0.2) is 6.10 Å². The largest absolute Gasteiger partial charge is 0.472 e. The van der Waals surface area contributed by atoms with Gasteiger partial charge in [-0.15, -0.1) is 0 Å². The number of phosphoric ester groups is 1. The fraction of sp³-hybridized carbons (Fsp3) is 0.879. The van der Waals surface area contributed by atoms with Crippen molar-refractivity contribution in [1.29, 1.82) is 0 Å². The number of hydrogen-bond donors (Lipinski definition) is 2. The lowest BCUT2D eigenvalue weighted by Gasteiger charge is -2.21. The smallest absolute Gasteiger partial charge is 0.462 e. The molecule has 0 aliphatic carbocycles. The zero-order valence-corrected chi connectivity index (χ0v) is 46.4. The van der Waals surface area contributed by atoms with Gasteiger partial charge in [0.25, 0.3) is 0 Å². The number of hydrogen-bond acceptors (Lipinski definition) is 10. The van der Waals surface area contributed by atoms with Crippen molar-refractivity contribution in [3.63, 3.8) is 0 Å². The Bertz CT molecular complexity index is 1270. The van der Waals surface area contributed by atoms with Gasteiger partial charge >= 0.3 is 25.7 Å². The van der Waals surface area contributed by atoms with Crippen LogP contribution in [-0.4, -0.2) is 66.5 Å².